The van der Waals surface area contributed by atoms with Gasteiger partial charge in [-0.2, -0.15) is 9.78 Å². The normalized spacial score (nSPS) is 11.4. The van der Waals surface area contributed by atoms with Crippen molar-refractivity contribution in [3.63, 3.8) is 0 Å². The van der Waals surface area contributed by atoms with Gasteiger partial charge in [0.05, 0.1) is 27.5 Å². The van der Waals surface area contributed by atoms with E-state index in [9.17, 15) is 22.0 Å². The van der Waals surface area contributed by atoms with Crippen LogP contribution in [0.15, 0.2) is 58.4 Å². The van der Waals surface area contributed by atoms with Gasteiger partial charge in [-0.3, -0.25) is 9.52 Å². The van der Waals surface area contributed by atoms with Crippen molar-refractivity contribution in [1.82, 2.24) is 9.78 Å². The monoisotopic (exact) mass is 431 g/mol. The van der Waals surface area contributed by atoms with Crippen molar-refractivity contribution in [3.8, 4) is 5.69 Å². The van der Waals surface area contributed by atoms with E-state index >= 15 is 0 Å². The number of nitrogens with one attached hydrogen (secondary N) is 1. The van der Waals surface area contributed by atoms with Gasteiger partial charge in [0, 0.05) is 6.07 Å². The second-order valence-corrected chi connectivity index (χ2v) is 7.71. The van der Waals surface area contributed by atoms with Crippen LogP contribution in [0.3, 0.4) is 0 Å². The van der Waals surface area contributed by atoms with Gasteiger partial charge < -0.3 is 0 Å². The van der Waals surface area contributed by atoms with Crippen molar-refractivity contribution >= 4 is 38.9 Å². The van der Waals surface area contributed by atoms with E-state index in [-0.39, 0.29) is 20.6 Å². The Bertz CT molecular complexity index is 1180. The Morgan fingerprint density at radius 3 is 2.33 bits per heavy atom. The van der Waals surface area contributed by atoms with E-state index in [1.54, 1.807) is 0 Å². The molecule has 0 atom stereocenters. The number of nitrogens with zero attached hydrogens (tertiary/aromatic N) is 2. The molecule has 3 aromatic rings. The Labute approximate surface area is 162 Å². The molecule has 6 nitrogen and oxygen atoms in total. The minimum atomic E-state index is -4.14. The van der Waals surface area contributed by atoms with Crippen molar-refractivity contribution in [3.05, 3.63) is 80.7 Å². The summed E-state index contributed by atoms with van der Waals surface area (Å²) in [7, 11) is -4.14. The molecule has 1 aromatic heterocycles. The molecule has 27 heavy (non-hydrogen) atoms. The third-order valence-corrected chi connectivity index (χ3v) is 5.57. The standard InChI is InChI=1S/C16H9Cl2F2N3O3S/c17-12-8-21-23(16(24)15(12)18)10-2-4-11(5-3-10)27(25,26)22-14-6-1-9(19)7-13(14)20/h1-8,22H. The fraction of sp³-hybridized carbons (Fsp3) is 0. The average Bonchev–Trinajstić information content (AvgIpc) is 2.62. The number of rotatable bonds is 4. The van der Waals surface area contributed by atoms with Crippen molar-refractivity contribution in [2.24, 2.45) is 0 Å². The summed E-state index contributed by atoms with van der Waals surface area (Å²) < 4.78 is 54.3. The first-order chi connectivity index (χ1) is 12.7. The highest BCUT2D eigenvalue weighted by atomic mass is 35.5. The summed E-state index contributed by atoms with van der Waals surface area (Å²) in [4.78, 5) is 11.9. The third-order valence-electron chi connectivity index (χ3n) is 3.44. The Hall–Kier alpha value is -2.49. The molecule has 1 heterocycles. The lowest BCUT2D eigenvalue weighted by atomic mass is 10.3. The molecule has 0 bridgehead atoms. The molecular formula is C16H9Cl2F2N3O3S. The first-order valence-corrected chi connectivity index (χ1v) is 9.44. The molecule has 0 amide bonds. The van der Waals surface area contributed by atoms with Crippen LogP contribution in [0.4, 0.5) is 14.5 Å². The van der Waals surface area contributed by atoms with Crippen LogP contribution >= 0.6 is 23.2 Å². The molecule has 0 aliphatic rings. The molecular weight excluding hydrogens is 423 g/mol. The average molecular weight is 432 g/mol. The molecule has 3 rings (SSSR count). The van der Waals surface area contributed by atoms with Crippen LogP contribution in [0.5, 0.6) is 0 Å². The number of hydrogen-bond acceptors (Lipinski definition) is 4. The van der Waals surface area contributed by atoms with E-state index in [1.807, 2.05) is 4.72 Å². The van der Waals surface area contributed by atoms with Gasteiger partial charge in [-0.25, -0.2) is 17.2 Å². The fourth-order valence-electron chi connectivity index (χ4n) is 2.14. The maximum Gasteiger partial charge on any atom is 0.291 e. The van der Waals surface area contributed by atoms with Gasteiger partial charge >= 0.3 is 0 Å². The molecule has 0 saturated carbocycles. The van der Waals surface area contributed by atoms with E-state index in [1.165, 1.54) is 30.5 Å². The first kappa shape index (κ1) is 19.3. The summed E-state index contributed by atoms with van der Waals surface area (Å²) in [5.41, 5.74) is -0.834. The molecule has 140 valence electrons. The Kier molecular flexibility index (Phi) is 5.18. The molecule has 0 spiro atoms. The zero-order valence-corrected chi connectivity index (χ0v) is 15.5. The predicted octanol–water partition coefficient (Wildman–Crippen LogP) is 3.62. The highest BCUT2D eigenvalue weighted by molar-refractivity contribution is 7.92. The summed E-state index contributed by atoms with van der Waals surface area (Å²) >= 11 is 11.5. The number of anilines is 1. The summed E-state index contributed by atoms with van der Waals surface area (Å²) in [5, 5.41) is 3.59. The van der Waals surface area contributed by atoms with Gasteiger partial charge in [0.25, 0.3) is 15.6 Å². The van der Waals surface area contributed by atoms with Crippen LogP contribution < -0.4 is 10.3 Å². The lowest BCUT2D eigenvalue weighted by Gasteiger charge is -2.10. The van der Waals surface area contributed by atoms with Crippen molar-refractivity contribution < 1.29 is 17.2 Å². The summed E-state index contributed by atoms with van der Waals surface area (Å²) in [6.45, 7) is 0. The van der Waals surface area contributed by atoms with Crippen molar-refractivity contribution in [2.45, 2.75) is 4.90 Å². The van der Waals surface area contributed by atoms with Crippen LogP contribution in [0.25, 0.3) is 5.69 Å². The van der Waals surface area contributed by atoms with Crippen LogP contribution in [0, 0.1) is 11.6 Å². The van der Waals surface area contributed by atoms with E-state index < -0.39 is 32.9 Å². The second kappa shape index (κ2) is 7.26. The second-order valence-electron chi connectivity index (χ2n) is 5.25. The van der Waals surface area contributed by atoms with Gasteiger partial charge in [0.15, 0.2) is 0 Å². The minimum Gasteiger partial charge on any atom is -0.277 e. The fourth-order valence-corrected chi connectivity index (χ4v) is 3.46. The van der Waals surface area contributed by atoms with Crippen LogP contribution in [-0.2, 0) is 10.0 Å². The topological polar surface area (TPSA) is 81.1 Å². The molecule has 0 fully saturated rings. The van der Waals surface area contributed by atoms with Crippen LogP contribution in [0.1, 0.15) is 0 Å². The van der Waals surface area contributed by atoms with Crippen LogP contribution in [0.2, 0.25) is 10.0 Å². The SMILES string of the molecule is O=c1c(Cl)c(Cl)cnn1-c1ccc(S(=O)(=O)Nc2ccc(F)cc2F)cc1. The maximum absolute atomic E-state index is 13.7. The third kappa shape index (κ3) is 3.95. The van der Waals surface area contributed by atoms with Gasteiger partial charge in [-0.1, -0.05) is 23.2 Å². The molecule has 1 N–H and O–H groups in total. The van der Waals surface area contributed by atoms with Gasteiger partial charge in [0.2, 0.25) is 0 Å². The number of aromatic nitrogens is 2. The van der Waals surface area contributed by atoms with Gasteiger partial charge in [0.1, 0.15) is 16.7 Å². The molecule has 2 aromatic carbocycles. The molecule has 0 aliphatic heterocycles. The quantitative estimate of drug-likeness (QED) is 0.683. The number of benzene rings is 2. The molecule has 11 heteroatoms. The summed E-state index contributed by atoms with van der Waals surface area (Å²) in [6, 6.07) is 7.46. The minimum absolute atomic E-state index is 0.0114. The molecule has 0 saturated heterocycles. The number of hydrogen-bond donors (Lipinski definition) is 1. The van der Waals surface area contributed by atoms with E-state index in [2.05, 4.69) is 5.10 Å². The number of sulfonamides is 1. The zero-order valence-electron chi connectivity index (χ0n) is 13.2. The van der Waals surface area contributed by atoms with E-state index in [0.29, 0.717) is 6.07 Å². The zero-order chi connectivity index (χ0) is 19.8. The van der Waals surface area contributed by atoms with E-state index in [4.69, 9.17) is 23.2 Å². The highest BCUT2D eigenvalue weighted by Crippen LogP contribution is 2.21. The van der Waals surface area contributed by atoms with Gasteiger partial charge in [-0.15, -0.1) is 0 Å². The van der Waals surface area contributed by atoms with Crippen molar-refractivity contribution in [2.75, 3.05) is 4.72 Å². The van der Waals surface area contributed by atoms with Crippen LogP contribution in [-0.4, -0.2) is 18.2 Å². The maximum atomic E-state index is 13.7. The van der Waals surface area contributed by atoms with Crippen molar-refractivity contribution in [1.29, 1.82) is 0 Å². The predicted molar refractivity (Wildman–Crippen MR) is 97.0 cm³/mol. The summed E-state index contributed by atoms with van der Waals surface area (Å²) in [6.07, 6.45) is 1.18. The lowest BCUT2D eigenvalue weighted by Crippen LogP contribution is -2.21. The molecule has 0 unspecified atom stereocenters. The Balaban J connectivity index is 1.93. The first-order valence-electron chi connectivity index (χ1n) is 7.21. The van der Waals surface area contributed by atoms with Gasteiger partial charge in [-0.05, 0) is 36.4 Å². The largest absolute Gasteiger partial charge is 0.291 e. The molecule has 0 aliphatic carbocycles. The lowest BCUT2D eigenvalue weighted by molar-refractivity contribution is 0.583. The highest BCUT2D eigenvalue weighted by Gasteiger charge is 2.17. The number of halogens is 4. The van der Waals surface area contributed by atoms with E-state index in [0.717, 1.165) is 16.8 Å². The Morgan fingerprint density at radius 2 is 1.70 bits per heavy atom. The summed E-state index contributed by atoms with van der Waals surface area (Å²) in [5.74, 6) is -1.89. The Morgan fingerprint density at radius 1 is 1.04 bits per heavy atom. The smallest absolute Gasteiger partial charge is 0.277 e. The molecule has 0 radical (unpaired) electrons.